The first-order valence-corrected chi connectivity index (χ1v) is 7.54. The maximum Gasteiger partial charge on any atom is 0.195 e. The van der Waals surface area contributed by atoms with Gasteiger partial charge in [-0.3, -0.25) is 4.79 Å². The van der Waals surface area contributed by atoms with E-state index in [0.717, 1.165) is 0 Å². The van der Waals surface area contributed by atoms with E-state index in [1.165, 1.54) is 12.1 Å². The highest BCUT2D eigenvalue weighted by Gasteiger charge is 2.17. The van der Waals surface area contributed by atoms with Gasteiger partial charge in [-0.15, -0.1) is 0 Å². The summed E-state index contributed by atoms with van der Waals surface area (Å²) in [4.78, 5) is 12.4. The van der Waals surface area contributed by atoms with Gasteiger partial charge in [-0.2, -0.15) is 0 Å². The fourth-order valence-corrected chi connectivity index (χ4v) is 2.74. The zero-order valence-electron chi connectivity index (χ0n) is 10.6. The molecule has 0 bridgehead atoms. The molecule has 0 fully saturated rings. The van der Waals surface area contributed by atoms with E-state index < -0.39 is 5.82 Å². The summed E-state index contributed by atoms with van der Waals surface area (Å²) in [5.41, 5.74) is 0.745. The topological polar surface area (TPSA) is 26.3 Å². The summed E-state index contributed by atoms with van der Waals surface area (Å²) in [5, 5.41) is 0. The molecule has 0 spiro atoms. The highest BCUT2D eigenvalue weighted by Crippen LogP contribution is 2.28. The molecule has 0 heterocycles. The fourth-order valence-electron chi connectivity index (χ4n) is 1.76. The van der Waals surface area contributed by atoms with Crippen LogP contribution in [-0.4, -0.2) is 12.4 Å². The Morgan fingerprint density at radius 2 is 1.95 bits per heavy atom. The van der Waals surface area contributed by atoms with Crippen molar-refractivity contribution in [1.82, 2.24) is 0 Å². The van der Waals surface area contributed by atoms with Gasteiger partial charge in [-0.25, -0.2) is 4.39 Å². The van der Waals surface area contributed by atoms with Crippen LogP contribution in [0.15, 0.2) is 45.3 Å². The monoisotopic (exact) mass is 400 g/mol. The lowest BCUT2D eigenvalue weighted by Gasteiger charge is -2.09. The molecule has 0 atom stereocenters. The Balaban J connectivity index is 2.41. The lowest BCUT2D eigenvalue weighted by molar-refractivity contribution is 0.103. The number of carbonyl (C=O) groups excluding carboxylic acids is 1. The Kier molecular flexibility index (Phi) is 4.94. The molecular formula is C15H11Br2FO2. The number of ether oxygens (including phenoxy) is 1. The molecule has 0 aliphatic carbocycles. The minimum atomic E-state index is -0.460. The number of ketones is 1. The number of benzene rings is 2. The number of hydrogen-bond acceptors (Lipinski definition) is 2. The minimum absolute atomic E-state index is 0.172. The predicted octanol–water partition coefficient (Wildman–Crippen LogP) is 4.98. The maximum absolute atomic E-state index is 13.5. The number of halogens is 3. The summed E-state index contributed by atoms with van der Waals surface area (Å²) in [6.07, 6.45) is 0. The molecule has 20 heavy (non-hydrogen) atoms. The second-order valence-electron chi connectivity index (χ2n) is 4.01. The highest BCUT2D eigenvalue weighted by molar-refractivity contribution is 9.11. The first-order valence-electron chi connectivity index (χ1n) is 5.95. The van der Waals surface area contributed by atoms with Crippen LogP contribution in [0.1, 0.15) is 22.8 Å². The molecule has 2 aromatic carbocycles. The molecule has 2 rings (SSSR count). The van der Waals surface area contributed by atoms with Crippen LogP contribution >= 0.6 is 31.9 Å². The molecule has 0 aliphatic rings. The maximum atomic E-state index is 13.5. The average molecular weight is 402 g/mol. The normalized spacial score (nSPS) is 10.4. The molecule has 0 aliphatic heterocycles. The molecular weight excluding hydrogens is 391 g/mol. The van der Waals surface area contributed by atoms with Crippen molar-refractivity contribution < 1.29 is 13.9 Å². The van der Waals surface area contributed by atoms with E-state index in [1.54, 1.807) is 24.3 Å². The summed E-state index contributed by atoms with van der Waals surface area (Å²) >= 11 is 6.45. The number of rotatable bonds is 4. The zero-order chi connectivity index (χ0) is 14.7. The van der Waals surface area contributed by atoms with Gasteiger partial charge in [0.05, 0.1) is 11.1 Å². The third-order valence-electron chi connectivity index (χ3n) is 2.69. The van der Waals surface area contributed by atoms with Crippen molar-refractivity contribution in [2.75, 3.05) is 6.61 Å². The standard InChI is InChI=1S/C15H11Br2FO2/c1-2-20-9-6-7-10(12(16)8-9)15(19)11-4-3-5-13(18)14(11)17/h3-8H,2H2,1H3. The van der Waals surface area contributed by atoms with Crippen LogP contribution < -0.4 is 4.74 Å². The second kappa shape index (κ2) is 6.50. The van der Waals surface area contributed by atoms with Crippen molar-refractivity contribution in [3.63, 3.8) is 0 Å². The molecule has 0 saturated heterocycles. The summed E-state index contributed by atoms with van der Waals surface area (Å²) in [6.45, 7) is 2.44. The molecule has 0 aromatic heterocycles. The highest BCUT2D eigenvalue weighted by atomic mass is 79.9. The molecule has 2 nitrogen and oxygen atoms in total. The van der Waals surface area contributed by atoms with Gasteiger partial charge in [0.25, 0.3) is 0 Å². The van der Waals surface area contributed by atoms with Crippen LogP contribution in [0.25, 0.3) is 0 Å². The zero-order valence-corrected chi connectivity index (χ0v) is 13.8. The van der Waals surface area contributed by atoms with E-state index in [-0.39, 0.29) is 15.8 Å². The van der Waals surface area contributed by atoms with Crippen molar-refractivity contribution >= 4 is 37.6 Å². The van der Waals surface area contributed by atoms with Gasteiger partial charge >= 0.3 is 0 Å². The lowest BCUT2D eigenvalue weighted by atomic mass is 10.0. The van der Waals surface area contributed by atoms with Gasteiger partial charge in [0.15, 0.2) is 5.78 Å². The van der Waals surface area contributed by atoms with E-state index in [4.69, 9.17) is 4.74 Å². The molecule has 104 valence electrons. The van der Waals surface area contributed by atoms with Gasteiger partial charge in [0, 0.05) is 15.6 Å². The van der Waals surface area contributed by atoms with Crippen molar-refractivity contribution in [3.8, 4) is 5.75 Å². The van der Waals surface area contributed by atoms with Gasteiger partial charge in [0.1, 0.15) is 11.6 Å². The van der Waals surface area contributed by atoms with Crippen molar-refractivity contribution in [2.24, 2.45) is 0 Å². The summed E-state index contributed by atoms with van der Waals surface area (Å²) in [6, 6.07) is 9.50. The predicted molar refractivity (Wildman–Crippen MR) is 82.8 cm³/mol. The molecule has 0 radical (unpaired) electrons. The van der Waals surface area contributed by atoms with E-state index in [0.29, 0.717) is 22.4 Å². The molecule has 0 unspecified atom stereocenters. The first kappa shape index (κ1) is 15.2. The second-order valence-corrected chi connectivity index (χ2v) is 5.65. The lowest BCUT2D eigenvalue weighted by Crippen LogP contribution is -2.05. The van der Waals surface area contributed by atoms with Crippen LogP contribution in [0.3, 0.4) is 0 Å². The largest absolute Gasteiger partial charge is 0.494 e. The Hall–Kier alpha value is -1.20. The van der Waals surface area contributed by atoms with Crippen molar-refractivity contribution in [2.45, 2.75) is 6.92 Å². The molecule has 2 aromatic rings. The molecule has 0 saturated carbocycles. The van der Waals surface area contributed by atoms with Crippen LogP contribution in [0.4, 0.5) is 4.39 Å². The van der Waals surface area contributed by atoms with Gasteiger partial charge < -0.3 is 4.74 Å². The van der Waals surface area contributed by atoms with Crippen molar-refractivity contribution in [3.05, 3.63) is 62.3 Å². The van der Waals surface area contributed by atoms with Crippen LogP contribution in [0.2, 0.25) is 0 Å². The van der Waals surface area contributed by atoms with E-state index in [1.807, 2.05) is 6.92 Å². The van der Waals surface area contributed by atoms with Crippen LogP contribution in [0, 0.1) is 5.82 Å². The third kappa shape index (κ3) is 3.10. The van der Waals surface area contributed by atoms with Crippen LogP contribution in [0.5, 0.6) is 5.75 Å². The average Bonchev–Trinajstić information content (AvgIpc) is 2.42. The Morgan fingerprint density at radius 1 is 1.20 bits per heavy atom. The Morgan fingerprint density at radius 3 is 2.60 bits per heavy atom. The molecule has 0 N–H and O–H groups in total. The molecule has 5 heteroatoms. The summed E-state index contributed by atoms with van der Waals surface area (Å²) in [5.74, 6) is -0.0431. The Labute approximate surface area is 133 Å². The quantitative estimate of drug-likeness (QED) is 0.675. The Bertz CT molecular complexity index is 656. The summed E-state index contributed by atoms with van der Waals surface area (Å²) in [7, 11) is 0. The fraction of sp³-hybridized carbons (Fsp3) is 0.133. The van der Waals surface area contributed by atoms with Crippen molar-refractivity contribution in [1.29, 1.82) is 0 Å². The summed E-state index contributed by atoms with van der Waals surface area (Å²) < 4.78 is 19.6. The number of carbonyl (C=O) groups is 1. The van der Waals surface area contributed by atoms with Gasteiger partial charge in [-0.05, 0) is 69.1 Å². The van der Waals surface area contributed by atoms with Gasteiger partial charge in [-0.1, -0.05) is 6.07 Å². The molecule has 0 amide bonds. The third-order valence-corrected chi connectivity index (χ3v) is 4.15. The van der Waals surface area contributed by atoms with Gasteiger partial charge in [0.2, 0.25) is 0 Å². The SMILES string of the molecule is CCOc1ccc(C(=O)c2cccc(F)c2Br)c(Br)c1. The first-order chi connectivity index (χ1) is 9.54. The van der Waals surface area contributed by atoms with E-state index >= 15 is 0 Å². The van der Waals surface area contributed by atoms with E-state index in [2.05, 4.69) is 31.9 Å². The minimum Gasteiger partial charge on any atom is -0.494 e. The number of hydrogen-bond donors (Lipinski definition) is 0. The smallest absolute Gasteiger partial charge is 0.195 e. The van der Waals surface area contributed by atoms with Crippen LogP contribution in [-0.2, 0) is 0 Å². The van der Waals surface area contributed by atoms with E-state index in [9.17, 15) is 9.18 Å².